The third-order valence-electron chi connectivity index (χ3n) is 5.65. The standard InChI is InChI=1S/C19H22FN3O5/c1-8-6-22(7-12(8)21)14-11(20)5-10-13(18(14)28-2)23(9-3-4-9)15(19(26)27)17(25)16(10)24/h5,8-9,12,25H,3-4,6-7,21H2,1-2H3,(H,26,27)/t8-,12-/m0/s1. The number of hydrogen-bond acceptors (Lipinski definition) is 6. The van der Waals surface area contributed by atoms with Crippen molar-refractivity contribution in [3.05, 3.63) is 27.8 Å². The van der Waals surface area contributed by atoms with Crippen LogP contribution >= 0.6 is 0 Å². The van der Waals surface area contributed by atoms with Crippen LogP contribution in [0.3, 0.4) is 0 Å². The number of nitrogens with zero attached hydrogens (tertiary/aromatic N) is 2. The highest BCUT2D eigenvalue weighted by Gasteiger charge is 2.37. The first kappa shape index (κ1) is 18.5. The lowest BCUT2D eigenvalue weighted by atomic mass is 10.1. The van der Waals surface area contributed by atoms with Gasteiger partial charge < -0.3 is 30.2 Å². The van der Waals surface area contributed by atoms with Crippen molar-refractivity contribution in [2.24, 2.45) is 11.7 Å². The van der Waals surface area contributed by atoms with Crippen molar-refractivity contribution in [2.45, 2.75) is 31.8 Å². The van der Waals surface area contributed by atoms with Gasteiger partial charge in [-0.15, -0.1) is 0 Å². The van der Waals surface area contributed by atoms with Crippen molar-refractivity contribution >= 4 is 22.6 Å². The van der Waals surface area contributed by atoms with Crippen LogP contribution < -0.4 is 20.8 Å². The molecule has 0 bridgehead atoms. The Morgan fingerprint density at radius 3 is 2.54 bits per heavy atom. The van der Waals surface area contributed by atoms with Crippen LogP contribution in [0.5, 0.6) is 11.5 Å². The number of halogens is 1. The Morgan fingerprint density at radius 1 is 1.36 bits per heavy atom. The van der Waals surface area contributed by atoms with Crippen LogP contribution in [0.1, 0.15) is 36.3 Å². The number of nitrogens with two attached hydrogens (primary N) is 1. The Kier molecular flexibility index (Phi) is 4.22. The number of carbonyl (C=O) groups is 1. The highest BCUT2D eigenvalue weighted by Crippen LogP contribution is 2.46. The lowest BCUT2D eigenvalue weighted by Gasteiger charge is -2.25. The van der Waals surface area contributed by atoms with Gasteiger partial charge in [-0.2, -0.15) is 0 Å². The number of anilines is 1. The summed E-state index contributed by atoms with van der Waals surface area (Å²) in [5.41, 5.74) is 5.00. The molecule has 0 unspecified atom stereocenters. The molecule has 9 heteroatoms. The first-order valence-corrected chi connectivity index (χ1v) is 9.17. The Morgan fingerprint density at radius 2 is 2.04 bits per heavy atom. The Labute approximate surface area is 159 Å². The topological polar surface area (TPSA) is 118 Å². The van der Waals surface area contributed by atoms with Crippen LogP contribution in [-0.4, -0.2) is 47.0 Å². The summed E-state index contributed by atoms with van der Waals surface area (Å²) in [6, 6.07) is 0.709. The van der Waals surface area contributed by atoms with Gasteiger partial charge in [0.2, 0.25) is 5.43 Å². The zero-order valence-electron chi connectivity index (χ0n) is 15.6. The van der Waals surface area contributed by atoms with E-state index in [0.717, 1.165) is 6.07 Å². The molecule has 1 aromatic heterocycles. The molecule has 4 N–H and O–H groups in total. The van der Waals surface area contributed by atoms with E-state index in [2.05, 4.69) is 0 Å². The van der Waals surface area contributed by atoms with E-state index in [1.807, 2.05) is 6.92 Å². The average molecular weight is 391 g/mol. The average Bonchev–Trinajstić information content (AvgIpc) is 3.42. The maximum absolute atomic E-state index is 15.1. The monoisotopic (exact) mass is 391 g/mol. The van der Waals surface area contributed by atoms with Gasteiger partial charge >= 0.3 is 5.97 Å². The molecule has 150 valence electrons. The van der Waals surface area contributed by atoms with Crippen molar-refractivity contribution in [3.8, 4) is 11.5 Å². The molecule has 8 nitrogen and oxygen atoms in total. The van der Waals surface area contributed by atoms with Crippen LogP contribution in [0.15, 0.2) is 10.9 Å². The van der Waals surface area contributed by atoms with Gasteiger partial charge in [0.25, 0.3) is 0 Å². The molecule has 4 rings (SSSR count). The second-order valence-corrected chi connectivity index (χ2v) is 7.62. The predicted octanol–water partition coefficient (Wildman–Crippen LogP) is 1.67. The van der Waals surface area contributed by atoms with Crippen molar-refractivity contribution in [1.82, 2.24) is 4.57 Å². The molecular weight excluding hydrogens is 369 g/mol. The van der Waals surface area contributed by atoms with Gasteiger partial charge in [-0.3, -0.25) is 4.79 Å². The fourth-order valence-corrected chi connectivity index (χ4v) is 4.04. The molecule has 1 saturated carbocycles. The summed E-state index contributed by atoms with van der Waals surface area (Å²) >= 11 is 0. The molecule has 1 aliphatic heterocycles. The van der Waals surface area contributed by atoms with Crippen molar-refractivity contribution < 1.29 is 24.1 Å². The Balaban J connectivity index is 2.11. The van der Waals surface area contributed by atoms with E-state index in [1.54, 1.807) is 4.90 Å². The second kappa shape index (κ2) is 6.37. The number of hydrogen-bond donors (Lipinski definition) is 3. The first-order chi connectivity index (χ1) is 13.3. The summed E-state index contributed by atoms with van der Waals surface area (Å²) in [4.78, 5) is 26.2. The summed E-state index contributed by atoms with van der Waals surface area (Å²) < 4.78 is 22.0. The Hall–Kier alpha value is -2.81. The lowest BCUT2D eigenvalue weighted by molar-refractivity contribution is 0.0680. The summed E-state index contributed by atoms with van der Waals surface area (Å²) in [6.45, 7) is 2.89. The van der Waals surface area contributed by atoms with Crippen molar-refractivity contribution in [1.29, 1.82) is 0 Å². The van der Waals surface area contributed by atoms with Gasteiger partial charge in [0.1, 0.15) is 5.69 Å². The smallest absolute Gasteiger partial charge is 0.356 e. The van der Waals surface area contributed by atoms with Gasteiger partial charge in [0.15, 0.2) is 23.0 Å². The number of carboxylic acid groups (broad SMARTS) is 1. The summed E-state index contributed by atoms with van der Waals surface area (Å²) in [5.74, 6) is -2.76. The van der Waals surface area contributed by atoms with Crippen LogP contribution in [0, 0.1) is 11.7 Å². The van der Waals surface area contributed by atoms with Gasteiger partial charge in [-0.25, -0.2) is 9.18 Å². The van der Waals surface area contributed by atoms with E-state index < -0.39 is 28.7 Å². The molecule has 1 saturated heterocycles. The fourth-order valence-electron chi connectivity index (χ4n) is 4.04. The third kappa shape index (κ3) is 2.61. The maximum Gasteiger partial charge on any atom is 0.356 e. The maximum atomic E-state index is 15.1. The molecule has 1 aromatic carbocycles. The zero-order valence-corrected chi connectivity index (χ0v) is 15.6. The number of aromatic nitrogens is 1. The molecule has 2 fully saturated rings. The predicted molar refractivity (Wildman–Crippen MR) is 101 cm³/mol. The number of ether oxygens (including phenoxy) is 1. The molecular formula is C19H22FN3O5. The largest absolute Gasteiger partial charge is 0.502 e. The van der Waals surface area contributed by atoms with Gasteiger partial charge in [-0.1, -0.05) is 6.92 Å². The van der Waals surface area contributed by atoms with E-state index in [9.17, 15) is 19.8 Å². The molecule has 2 aromatic rings. The number of pyridine rings is 1. The minimum absolute atomic E-state index is 0.0859. The summed E-state index contributed by atoms with van der Waals surface area (Å²) in [5, 5.41) is 19.7. The highest BCUT2D eigenvalue weighted by molar-refractivity contribution is 5.98. The van der Waals surface area contributed by atoms with E-state index >= 15 is 4.39 Å². The molecule has 28 heavy (non-hydrogen) atoms. The minimum Gasteiger partial charge on any atom is -0.502 e. The van der Waals surface area contributed by atoms with E-state index in [1.165, 1.54) is 11.7 Å². The number of benzene rings is 1. The lowest BCUT2D eigenvalue weighted by Crippen LogP contribution is -2.29. The normalized spacial score (nSPS) is 22.1. The zero-order chi connectivity index (χ0) is 20.3. The first-order valence-electron chi connectivity index (χ1n) is 9.17. The van der Waals surface area contributed by atoms with Crippen molar-refractivity contribution in [2.75, 3.05) is 25.1 Å². The number of carboxylic acids is 1. The van der Waals surface area contributed by atoms with E-state index in [4.69, 9.17) is 10.5 Å². The number of aromatic hydroxyl groups is 1. The van der Waals surface area contributed by atoms with Crippen LogP contribution in [0.4, 0.5) is 10.1 Å². The molecule has 2 atom stereocenters. The second-order valence-electron chi connectivity index (χ2n) is 7.62. The number of rotatable bonds is 4. The summed E-state index contributed by atoms with van der Waals surface area (Å²) in [6.07, 6.45) is 1.39. The highest BCUT2D eigenvalue weighted by atomic mass is 19.1. The van der Waals surface area contributed by atoms with Crippen LogP contribution in [0.25, 0.3) is 10.9 Å². The minimum atomic E-state index is -1.42. The van der Waals surface area contributed by atoms with E-state index in [-0.39, 0.29) is 40.3 Å². The van der Waals surface area contributed by atoms with Gasteiger partial charge in [0, 0.05) is 25.2 Å². The third-order valence-corrected chi connectivity index (χ3v) is 5.65. The van der Waals surface area contributed by atoms with Gasteiger partial charge in [0.05, 0.1) is 18.0 Å². The number of methoxy groups -OCH3 is 1. The van der Waals surface area contributed by atoms with Crippen LogP contribution in [-0.2, 0) is 0 Å². The quantitative estimate of drug-likeness (QED) is 0.725. The summed E-state index contributed by atoms with van der Waals surface area (Å²) in [7, 11) is 1.35. The fraction of sp³-hybridized carbons (Fsp3) is 0.474. The SMILES string of the molecule is COc1c(N2C[C@H](C)[C@@H](N)C2)c(F)cc2c(=O)c(O)c(C(=O)O)n(C3CC3)c12. The molecule has 1 aliphatic carbocycles. The van der Waals surface area contributed by atoms with Crippen LogP contribution in [0.2, 0.25) is 0 Å². The number of fused-ring (bicyclic) bond motifs is 1. The molecule has 2 aliphatic rings. The molecule has 0 spiro atoms. The Bertz CT molecular complexity index is 1040. The van der Waals surface area contributed by atoms with Gasteiger partial charge in [-0.05, 0) is 24.8 Å². The molecule has 0 amide bonds. The number of aromatic carboxylic acids is 1. The van der Waals surface area contributed by atoms with Crippen molar-refractivity contribution in [3.63, 3.8) is 0 Å². The molecule has 2 heterocycles. The molecule has 0 radical (unpaired) electrons. The van der Waals surface area contributed by atoms with E-state index in [0.29, 0.717) is 25.9 Å².